The van der Waals surface area contributed by atoms with Gasteiger partial charge in [0.1, 0.15) is 5.52 Å². The predicted molar refractivity (Wildman–Crippen MR) is 105 cm³/mol. The van der Waals surface area contributed by atoms with Gasteiger partial charge in [0.2, 0.25) is 11.9 Å². The minimum absolute atomic E-state index is 0.124. The van der Waals surface area contributed by atoms with E-state index in [1.807, 2.05) is 32.3 Å². The summed E-state index contributed by atoms with van der Waals surface area (Å²) in [6.07, 6.45) is 3.04. The number of rotatable bonds is 4. The molecule has 3 rings (SSSR count). The van der Waals surface area contributed by atoms with E-state index >= 15 is 0 Å². The summed E-state index contributed by atoms with van der Waals surface area (Å²) in [5.74, 6) is -0.435. The van der Waals surface area contributed by atoms with Crippen molar-refractivity contribution in [2.75, 3.05) is 5.32 Å². The number of halogens is 1. The van der Waals surface area contributed by atoms with Crippen LogP contribution in [0.25, 0.3) is 11.0 Å². The molecule has 27 heavy (non-hydrogen) atoms. The zero-order chi connectivity index (χ0) is 20.1. The van der Waals surface area contributed by atoms with Gasteiger partial charge in [-0.2, -0.15) is 0 Å². The molecule has 1 aromatic heterocycles. The Balaban J connectivity index is 2.10. The van der Waals surface area contributed by atoms with E-state index < -0.39 is 11.4 Å². The van der Waals surface area contributed by atoms with E-state index in [9.17, 15) is 14.3 Å². The maximum absolute atomic E-state index is 14.7. The second-order valence-corrected chi connectivity index (χ2v) is 9.35. The van der Waals surface area contributed by atoms with E-state index in [1.54, 1.807) is 19.9 Å². The van der Waals surface area contributed by atoms with Crippen LogP contribution in [0, 0.1) is 17.2 Å². The highest BCUT2D eigenvalue weighted by atomic mass is 19.1. The number of carbonyl (C=O) groups is 1. The lowest BCUT2D eigenvalue weighted by Crippen LogP contribution is -2.32. The number of aliphatic hydroxyl groups is 1. The summed E-state index contributed by atoms with van der Waals surface area (Å²) in [6.45, 7) is 11.2. The molecule has 1 fully saturated rings. The Hall–Kier alpha value is -1.95. The van der Waals surface area contributed by atoms with E-state index in [-0.39, 0.29) is 28.8 Å². The first-order valence-corrected chi connectivity index (χ1v) is 9.65. The van der Waals surface area contributed by atoms with Crippen molar-refractivity contribution in [1.29, 1.82) is 0 Å². The van der Waals surface area contributed by atoms with Gasteiger partial charge in [-0.3, -0.25) is 10.1 Å². The van der Waals surface area contributed by atoms with Crippen molar-refractivity contribution in [3.63, 3.8) is 0 Å². The number of aromatic nitrogens is 2. The number of hydrogen-bond acceptors (Lipinski definition) is 3. The highest BCUT2D eigenvalue weighted by Crippen LogP contribution is 2.39. The molecule has 1 atom stereocenters. The first kappa shape index (κ1) is 19.8. The van der Waals surface area contributed by atoms with E-state index in [0.29, 0.717) is 17.0 Å². The van der Waals surface area contributed by atoms with E-state index in [0.717, 1.165) is 19.3 Å². The second kappa shape index (κ2) is 6.59. The van der Waals surface area contributed by atoms with Crippen molar-refractivity contribution in [2.45, 2.75) is 72.4 Å². The number of carbonyl (C=O) groups excluding carboxylic acids is 1. The first-order valence-electron chi connectivity index (χ1n) is 9.65. The maximum atomic E-state index is 14.7. The van der Waals surface area contributed by atoms with Gasteiger partial charge in [-0.15, -0.1) is 0 Å². The van der Waals surface area contributed by atoms with Crippen LogP contribution in [-0.2, 0) is 10.4 Å². The van der Waals surface area contributed by atoms with E-state index in [4.69, 9.17) is 0 Å². The van der Waals surface area contributed by atoms with Crippen LogP contribution in [0.5, 0.6) is 0 Å². The standard InChI is InChI=1S/C21H30FN3O2/c1-12(20(2,3)4)18(26)24-19-23-17-15(22)10-13(21(5,6)27)11-16(17)25(19)14-8-7-9-14/h10-12,14,27H,7-9H2,1-6H3,(H,23,24,26). The fourth-order valence-electron chi connectivity index (χ4n) is 3.22. The van der Waals surface area contributed by atoms with Crippen molar-refractivity contribution < 1.29 is 14.3 Å². The third-order valence-electron chi connectivity index (χ3n) is 5.82. The quantitative estimate of drug-likeness (QED) is 0.810. The molecular weight excluding hydrogens is 345 g/mol. The van der Waals surface area contributed by atoms with Gasteiger partial charge in [-0.05, 0) is 56.2 Å². The normalized spacial score (nSPS) is 17.0. The Morgan fingerprint density at radius 3 is 2.41 bits per heavy atom. The number of anilines is 1. The van der Waals surface area contributed by atoms with Gasteiger partial charge in [-0.25, -0.2) is 9.37 Å². The molecule has 1 amide bonds. The predicted octanol–water partition coefficient (Wildman–Crippen LogP) is 4.75. The second-order valence-electron chi connectivity index (χ2n) is 9.35. The smallest absolute Gasteiger partial charge is 0.230 e. The van der Waals surface area contributed by atoms with Crippen LogP contribution >= 0.6 is 0 Å². The van der Waals surface area contributed by atoms with Crippen LogP contribution in [0.4, 0.5) is 10.3 Å². The molecule has 0 bridgehead atoms. The molecule has 1 aromatic carbocycles. The molecule has 0 spiro atoms. The Labute approximate surface area is 160 Å². The van der Waals surface area contributed by atoms with Gasteiger partial charge in [0.15, 0.2) is 5.82 Å². The zero-order valence-corrected chi connectivity index (χ0v) is 17.1. The lowest BCUT2D eigenvalue weighted by atomic mass is 9.81. The molecule has 6 heteroatoms. The SMILES string of the molecule is CC(C(=O)Nc1nc2c(F)cc(C(C)(C)O)cc2n1C1CCC1)C(C)(C)C. The third-order valence-corrected chi connectivity index (χ3v) is 5.82. The molecule has 0 radical (unpaired) electrons. The summed E-state index contributed by atoms with van der Waals surface area (Å²) in [4.78, 5) is 17.1. The summed E-state index contributed by atoms with van der Waals surface area (Å²) in [5.41, 5.74) is 0.00280. The molecule has 0 saturated heterocycles. The van der Waals surface area contributed by atoms with E-state index in [2.05, 4.69) is 10.3 Å². The fourth-order valence-corrected chi connectivity index (χ4v) is 3.22. The van der Waals surface area contributed by atoms with Gasteiger partial charge < -0.3 is 9.67 Å². The number of benzene rings is 1. The first-order chi connectivity index (χ1) is 12.4. The van der Waals surface area contributed by atoms with Crippen LogP contribution < -0.4 is 5.32 Å². The molecule has 2 N–H and O–H groups in total. The molecular formula is C21H30FN3O2. The molecule has 1 aliphatic rings. The molecule has 2 aromatic rings. The summed E-state index contributed by atoms with van der Waals surface area (Å²) < 4.78 is 16.7. The van der Waals surface area contributed by atoms with Gasteiger partial charge >= 0.3 is 0 Å². The molecule has 1 saturated carbocycles. The van der Waals surface area contributed by atoms with Crippen molar-refractivity contribution >= 4 is 22.9 Å². The van der Waals surface area contributed by atoms with Crippen LogP contribution in [-0.4, -0.2) is 20.6 Å². The van der Waals surface area contributed by atoms with Gasteiger partial charge in [0.25, 0.3) is 0 Å². The number of imidazole rings is 1. The molecule has 0 aliphatic heterocycles. The number of fused-ring (bicyclic) bond motifs is 1. The minimum atomic E-state index is -1.16. The molecule has 5 nitrogen and oxygen atoms in total. The largest absolute Gasteiger partial charge is 0.386 e. The third kappa shape index (κ3) is 3.72. The van der Waals surface area contributed by atoms with Crippen LogP contribution in [0.2, 0.25) is 0 Å². The zero-order valence-electron chi connectivity index (χ0n) is 17.1. The average molecular weight is 375 g/mol. The van der Waals surface area contributed by atoms with Crippen LogP contribution in [0.1, 0.15) is 72.4 Å². The van der Waals surface area contributed by atoms with Crippen molar-refractivity contribution in [1.82, 2.24) is 9.55 Å². The summed E-state index contributed by atoms with van der Waals surface area (Å²) in [6, 6.07) is 3.29. The summed E-state index contributed by atoms with van der Waals surface area (Å²) >= 11 is 0. The molecule has 1 unspecified atom stereocenters. The lowest BCUT2D eigenvalue weighted by molar-refractivity contribution is -0.122. The average Bonchev–Trinajstić information content (AvgIpc) is 2.82. The van der Waals surface area contributed by atoms with Gasteiger partial charge in [0.05, 0.1) is 11.1 Å². The Morgan fingerprint density at radius 2 is 1.93 bits per heavy atom. The van der Waals surface area contributed by atoms with Crippen molar-refractivity contribution in [3.05, 3.63) is 23.5 Å². The highest BCUT2D eigenvalue weighted by molar-refractivity contribution is 5.93. The Kier molecular flexibility index (Phi) is 4.83. The van der Waals surface area contributed by atoms with E-state index in [1.165, 1.54) is 6.07 Å². The van der Waals surface area contributed by atoms with Gasteiger partial charge in [-0.1, -0.05) is 27.7 Å². The lowest BCUT2D eigenvalue weighted by Gasteiger charge is -2.30. The Bertz CT molecular complexity index is 870. The monoisotopic (exact) mass is 375 g/mol. The van der Waals surface area contributed by atoms with Crippen molar-refractivity contribution in [2.24, 2.45) is 11.3 Å². The number of amides is 1. The number of nitrogens with zero attached hydrogens (tertiary/aromatic N) is 2. The minimum Gasteiger partial charge on any atom is -0.386 e. The molecule has 1 heterocycles. The van der Waals surface area contributed by atoms with Gasteiger partial charge in [0, 0.05) is 12.0 Å². The fraction of sp³-hybridized carbons (Fsp3) is 0.619. The van der Waals surface area contributed by atoms with Crippen LogP contribution in [0.15, 0.2) is 12.1 Å². The molecule has 148 valence electrons. The van der Waals surface area contributed by atoms with Crippen LogP contribution in [0.3, 0.4) is 0 Å². The Morgan fingerprint density at radius 1 is 1.30 bits per heavy atom. The summed E-state index contributed by atoms with van der Waals surface area (Å²) in [7, 11) is 0. The topological polar surface area (TPSA) is 67.2 Å². The number of hydrogen-bond donors (Lipinski definition) is 2. The molecule has 1 aliphatic carbocycles. The number of nitrogens with one attached hydrogen (secondary N) is 1. The summed E-state index contributed by atoms with van der Waals surface area (Å²) in [5, 5.41) is 13.2. The van der Waals surface area contributed by atoms with Crippen molar-refractivity contribution in [3.8, 4) is 0 Å². The maximum Gasteiger partial charge on any atom is 0.230 e. The highest BCUT2D eigenvalue weighted by Gasteiger charge is 2.31.